The summed E-state index contributed by atoms with van der Waals surface area (Å²) in [6, 6.07) is 17.3. The van der Waals surface area contributed by atoms with Gasteiger partial charge in [-0.2, -0.15) is 0 Å². The van der Waals surface area contributed by atoms with E-state index in [1.54, 1.807) is 48.9 Å². The summed E-state index contributed by atoms with van der Waals surface area (Å²) in [5.74, 6) is 4.30. The number of nitrogens with two attached hydrogens (primary N) is 1. The van der Waals surface area contributed by atoms with E-state index in [2.05, 4.69) is 39.0 Å². The number of aromatic nitrogens is 4. The molecule has 0 bridgehead atoms. The van der Waals surface area contributed by atoms with E-state index >= 15 is 0 Å². The summed E-state index contributed by atoms with van der Waals surface area (Å²) < 4.78 is 27.5. The molecule has 10 atom stereocenters. The highest BCUT2D eigenvalue weighted by molar-refractivity contribution is 6.63. The van der Waals surface area contributed by atoms with Crippen LogP contribution in [0.5, 0.6) is 0 Å². The molecule has 10 rings (SSSR count). The van der Waals surface area contributed by atoms with E-state index in [0.29, 0.717) is 69.5 Å². The molecule has 6 unspecified atom stereocenters. The number of pyridine rings is 4. The Morgan fingerprint density at radius 3 is 1.52 bits per heavy atom. The van der Waals surface area contributed by atoms with Crippen LogP contribution in [0.15, 0.2) is 97.8 Å². The molecule has 7 nitrogen and oxygen atoms in total. The summed E-state index contributed by atoms with van der Waals surface area (Å²) in [6.45, 7) is 4.04. The molecule has 0 radical (unpaired) electrons. The van der Waals surface area contributed by atoms with Crippen LogP contribution in [0.1, 0.15) is 93.7 Å². The first kappa shape index (κ1) is 45.0. The molecule has 6 aromatic rings. The second kappa shape index (κ2) is 19.7. The summed E-state index contributed by atoms with van der Waals surface area (Å²) >= 11 is 17.2. The predicted molar refractivity (Wildman–Crippen MR) is 248 cm³/mol. The number of rotatable bonds is 8. The molecule has 4 fully saturated rings. The highest BCUT2D eigenvalue weighted by Gasteiger charge is 2.46. The summed E-state index contributed by atoms with van der Waals surface area (Å²) in [5, 5.41) is 2.84. The van der Waals surface area contributed by atoms with E-state index in [-0.39, 0.29) is 34.5 Å². The fourth-order valence-electron chi connectivity index (χ4n) is 11.4. The van der Waals surface area contributed by atoms with Gasteiger partial charge in [0, 0.05) is 66.2 Å². The minimum atomic E-state index is -0.206. The predicted octanol–water partition coefficient (Wildman–Crippen LogP) is 13.0. The Balaban J connectivity index is 0.000000150. The van der Waals surface area contributed by atoms with Crippen molar-refractivity contribution < 1.29 is 18.4 Å². The largest absolute Gasteiger partial charge is 0.397 e. The maximum absolute atomic E-state index is 13.9. The second-order valence-electron chi connectivity index (χ2n) is 18.4. The highest BCUT2D eigenvalue weighted by atomic mass is 35.5. The topological polar surface area (TPSA) is 112 Å². The molecular weight excluding hydrogens is 859 g/mol. The molecule has 0 aliphatic heterocycles. The lowest BCUT2D eigenvalue weighted by molar-refractivity contribution is -0.123. The van der Waals surface area contributed by atoms with E-state index in [1.807, 2.05) is 25.4 Å². The number of anilines is 1. The van der Waals surface area contributed by atoms with Crippen LogP contribution in [0, 0.1) is 59.0 Å². The SMILES string of the molecule is CC(C(=O)Cc1cncc(Cl)c1)C1C[C@H]2CC(c3ccnc4ccc(F)cc34)C[C@H]2C1.CC(C(=O)Cl)C1C[C@H]2CC(c3ccnc4ccc(F)cc34)C[C@H]2C1.Nc1cncc(Cl)c1. The van der Waals surface area contributed by atoms with Crippen molar-refractivity contribution in [2.75, 3.05) is 5.73 Å². The first-order valence-electron chi connectivity index (χ1n) is 22.0. The lowest BCUT2D eigenvalue weighted by Crippen LogP contribution is -2.21. The van der Waals surface area contributed by atoms with Crippen LogP contribution in [-0.2, 0) is 16.0 Å². The zero-order chi connectivity index (χ0) is 44.4. The molecule has 4 heterocycles. The average Bonchev–Trinajstić information content (AvgIpc) is 4.04. The number of benzene rings is 2. The second-order valence-corrected chi connectivity index (χ2v) is 19.7. The minimum Gasteiger partial charge on any atom is -0.397 e. The van der Waals surface area contributed by atoms with Crippen molar-refractivity contribution in [3.63, 3.8) is 0 Å². The summed E-state index contributed by atoms with van der Waals surface area (Å²) in [6.07, 6.45) is 19.4. The Labute approximate surface area is 382 Å². The van der Waals surface area contributed by atoms with Crippen LogP contribution in [0.4, 0.5) is 14.5 Å². The van der Waals surface area contributed by atoms with Crippen molar-refractivity contribution in [3.8, 4) is 0 Å². The molecule has 4 aliphatic carbocycles. The lowest BCUT2D eigenvalue weighted by atomic mass is 9.83. The van der Waals surface area contributed by atoms with Crippen molar-refractivity contribution in [3.05, 3.63) is 136 Å². The highest BCUT2D eigenvalue weighted by Crippen LogP contribution is 2.56. The van der Waals surface area contributed by atoms with Gasteiger partial charge in [0.2, 0.25) is 5.24 Å². The van der Waals surface area contributed by atoms with Gasteiger partial charge in [-0.15, -0.1) is 0 Å². The molecule has 63 heavy (non-hydrogen) atoms. The molecule has 4 aliphatic rings. The monoisotopic (exact) mass is 909 g/mol. The Morgan fingerprint density at radius 1 is 0.635 bits per heavy atom. The quantitative estimate of drug-likeness (QED) is 0.151. The molecule has 0 saturated heterocycles. The van der Waals surface area contributed by atoms with E-state index in [9.17, 15) is 18.4 Å². The summed E-state index contributed by atoms with van der Waals surface area (Å²) in [4.78, 5) is 40.9. The number of hydrogen-bond acceptors (Lipinski definition) is 7. The zero-order valence-electron chi connectivity index (χ0n) is 35.4. The van der Waals surface area contributed by atoms with Crippen molar-refractivity contribution in [1.82, 2.24) is 19.9 Å². The molecule has 328 valence electrons. The zero-order valence-corrected chi connectivity index (χ0v) is 37.7. The van der Waals surface area contributed by atoms with Gasteiger partial charge in [0.05, 0.1) is 26.8 Å². The van der Waals surface area contributed by atoms with E-state index < -0.39 is 0 Å². The Hall–Kier alpha value is -4.57. The number of Topliss-reactive ketones (excluding diaryl/α,β-unsaturated/α-hetero) is 1. The lowest BCUT2D eigenvalue weighted by Gasteiger charge is -2.21. The number of nitrogen functional groups attached to an aromatic ring is 1. The standard InChI is InChI=1S/C26H26ClFN2O.C20H21ClFNO.C5H5ClN2/c1-15(26(31)7-16-6-21(27)14-29-13-16)17-8-18-10-20(11-19(18)9-17)23-4-5-30-25-3-2-22(28)12-24(23)25;1-11(20(21)24)12-6-13-8-15(9-14(13)7-12)17-4-5-23-19-3-2-16(22)10-18(17)19;6-4-1-5(7)3-8-2-4/h2-6,12-15,17-20H,7-11H2,1H3;2-5,10-15H,6-9H2,1H3;1-3H,7H2/t15?,17?,18-,19+,20?;11?,12?,13-,14+,15?;. The number of carbonyl (C=O) groups is 2. The van der Waals surface area contributed by atoms with E-state index in [0.717, 1.165) is 78.7 Å². The van der Waals surface area contributed by atoms with Gasteiger partial charge in [0.25, 0.3) is 0 Å². The van der Waals surface area contributed by atoms with Gasteiger partial charge in [-0.3, -0.25) is 29.5 Å². The Kier molecular flexibility index (Phi) is 14.1. The van der Waals surface area contributed by atoms with E-state index in [4.69, 9.17) is 40.5 Å². The first-order chi connectivity index (χ1) is 30.3. The number of fused-ring (bicyclic) bond motifs is 4. The molecule has 0 amide bonds. The molecule has 12 heteroatoms. The van der Waals surface area contributed by atoms with Gasteiger partial charge in [-0.05, 0) is 188 Å². The number of hydrogen-bond donors (Lipinski definition) is 1. The minimum absolute atomic E-state index is 0.0356. The smallest absolute Gasteiger partial charge is 0.224 e. The van der Waals surface area contributed by atoms with Crippen LogP contribution in [0.3, 0.4) is 0 Å². The van der Waals surface area contributed by atoms with Crippen LogP contribution >= 0.6 is 34.8 Å². The van der Waals surface area contributed by atoms with E-state index in [1.165, 1.54) is 29.5 Å². The average molecular weight is 911 g/mol. The van der Waals surface area contributed by atoms with Gasteiger partial charge < -0.3 is 5.73 Å². The number of carbonyl (C=O) groups excluding carboxylic acids is 2. The third-order valence-electron chi connectivity index (χ3n) is 14.6. The van der Waals surface area contributed by atoms with Crippen LogP contribution in [0.2, 0.25) is 10.0 Å². The fourth-order valence-corrected chi connectivity index (χ4v) is 12.0. The van der Waals surface area contributed by atoms with Crippen molar-refractivity contribution >= 4 is 73.3 Å². The maximum atomic E-state index is 13.9. The third kappa shape index (κ3) is 10.5. The van der Waals surface area contributed by atoms with Gasteiger partial charge in [-0.1, -0.05) is 37.0 Å². The Bertz CT molecular complexity index is 2570. The Morgan fingerprint density at radius 2 is 1.10 bits per heavy atom. The number of ketones is 1. The maximum Gasteiger partial charge on any atom is 0.224 e. The van der Waals surface area contributed by atoms with Crippen LogP contribution < -0.4 is 5.73 Å². The van der Waals surface area contributed by atoms with Gasteiger partial charge in [-0.25, -0.2) is 8.78 Å². The normalized spacial score (nSPS) is 25.6. The van der Waals surface area contributed by atoms with Gasteiger partial charge >= 0.3 is 0 Å². The molecule has 2 aromatic carbocycles. The summed E-state index contributed by atoms with van der Waals surface area (Å²) in [7, 11) is 0. The molecule has 4 saturated carbocycles. The van der Waals surface area contributed by atoms with Crippen LogP contribution in [0.25, 0.3) is 21.8 Å². The molecule has 4 aromatic heterocycles. The van der Waals surface area contributed by atoms with Crippen molar-refractivity contribution in [2.45, 2.75) is 83.5 Å². The molecule has 0 spiro atoms. The van der Waals surface area contributed by atoms with Crippen molar-refractivity contribution in [2.24, 2.45) is 47.3 Å². The first-order valence-corrected chi connectivity index (χ1v) is 23.2. The number of halogens is 5. The van der Waals surface area contributed by atoms with Gasteiger partial charge in [0.15, 0.2) is 0 Å². The van der Waals surface area contributed by atoms with Gasteiger partial charge in [0.1, 0.15) is 17.4 Å². The van der Waals surface area contributed by atoms with Crippen LogP contribution in [-0.4, -0.2) is 31.0 Å². The van der Waals surface area contributed by atoms with Crippen molar-refractivity contribution in [1.29, 1.82) is 0 Å². The molecule has 2 N–H and O–H groups in total. The number of nitrogens with zero attached hydrogens (tertiary/aromatic N) is 4. The third-order valence-corrected chi connectivity index (χ3v) is 15.4. The molecular formula is C51H52Cl3F2N5O2. The summed E-state index contributed by atoms with van der Waals surface area (Å²) in [5.41, 5.74) is 11.0. The fraction of sp³-hybridized carbons (Fsp3) is 0.412.